The Morgan fingerprint density at radius 2 is 0.906 bits per heavy atom. The summed E-state index contributed by atoms with van der Waals surface area (Å²) in [6, 6.07) is 0. The topological polar surface area (TPSA) is 135 Å². The van der Waals surface area contributed by atoms with Crippen LogP contribution in [0.25, 0.3) is 0 Å². The first-order valence-electron chi connectivity index (χ1n) is 27.4. The minimum Gasteiger partial charge on any atom is -0.457 e. The van der Waals surface area contributed by atoms with E-state index in [2.05, 4.69) is 38.2 Å². The van der Waals surface area contributed by atoms with E-state index in [9.17, 15) is 25.2 Å². The van der Waals surface area contributed by atoms with Crippen molar-refractivity contribution in [1.29, 1.82) is 0 Å². The molecule has 9 nitrogen and oxygen atoms in total. The van der Waals surface area contributed by atoms with E-state index < -0.39 is 43.4 Å². The summed E-state index contributed by atoms with van der Waals surface area (Å²) < 4.78 is 22.9. The third-order valence-electron chi connectivity index (χ3n) is 12.9. The molecule has 0 radical (unpaired) electrons. The van der Waals surface area contributed by atoms with Gasteiger partial charge < -0.3 is 39.4 Å². The van der Waals surface area contributed by atoms with Crippen LogP contribution in [0.15, 0.2) is 24.3 Å². The molecule has 6 unspecified atom stereocenters. The summed E-state index contributed by atoms with van der Waals surface area (Å²) in [5.74, 6) is -0.309. The van der Waals surface area contributed by atoms with Gasteiger partial charge in [0, 0.05) is 13.0 Å². The number of unbranched alkanes of at least 4 members (excludes halogenated alkanes) is 33. The first-order valence-corrected chi connectivity index (χ1v) is 27.4. The maximum absolute atomic E-state index is 12.9. The van der Waals surface area contributed by atoms with Crippen molar-refractivity contribution >= 4 is 5.97 Å². The van der Waals surface area contributed by atoms with Crippen molar-refractivity contribution in [3.8, 4) is 0 Å². The van der Waals surface area contributed by atoms with Gasteiger partial charge in [0.25, 0.3) is 0 Å². The third-order valence-corrected chi connectivity index (χ3v) is 12.9. The first-order chi connectivity index (χ1) is 31.4. The first kappa shape index (κ1) is 60.7. The van der Waals surface area contributed by atoms with Gasteiger partial charge in [-0.05, 0) is 44.9 Å². The molecule has 0 aromatic rings. The second-order valence-corrected chi connectivity index (χ2v) is 19.0. The van der Waals surface area contributed by atoms with Crippen molar-refractivity contribution in [3.05, 3.63) is 24.3 Å². The monoisotopic (exact) mass is 909 g/mol. The lowest BCUT2D eigenvalue weighted by molar-refractivity contribution is -0.305. The Morgan fingerprint density at radius 1 is 0.500 bits per heavy atom. The number of aliphatic hydroxyl groups is 4. The van der Waals surface area contributed by atoms with Crippen LogP contribution in [-0.4, -0.2) is 89.6 Å². The van der Waals surface area contributed by atoms with Crippen molar-refractivity contribution in [1.82, 2.24) is 0 Å². The zero-order chi connectivity index (χ0) is 46.4. The molecular formula is C55H104O9. The molecule has 0 aromatic heterocycles. The van der Waals surface area contributed by atoms with E-state index in [1.165, 1.54) is 199 Å². The molecule has 0 saturated carbocycles. The van der Waals surface area contributed by atoms with Gasteiger partial charge in [-0.3, -0.25) is 4.79 Å². The Balaban J connectivity index is 2.16. The van der Waals surface area contributed by atoms with Crippen molar-refractivity contribution in [2.45, 2.75) is 295 Å². The van der Waals surface area contributed by atoms with E-state index in [4.69, 9.17) is 18.9 Å². The van der Waals surface area contributed by atoms with E-state index >= 15 is 0 Å². The average molecular weight is 909 g/mol. The zero-order valence-corrected chi connectivity index (χ0v) is 41.8. The number of allylic oxidation sites excluding steroid dienone is 4. The normalized spacial score (nSPS) is 19.6. The number of hydrogen-bond donors (Lipinski definition) is 4. The van der Waals surface area contributed by atoms with Gasteiger partial charge in [-0.15, -0.1) is 0 Å². The minimum absolute atomic E-state index is 0.111. The molecule has 0 spiro atoms. The molecule has 0 amide bonds. The van der Waals surface area contributed by atoms with E-state index in [-0.39, 0.29) is 19.2 Å². The molecule has 378 valence electrons. The molecule has 0 aromatic carbocycles. The van der Waals surface area contributed by atoms with Crippen molar-refractivity contribution in [2.24, 2.45) is 0 Å². The number of carbonyl (C=O) groups is 1. The Hall–Kier alpha value is -1.33. The van der Waals surface area contributed by atoms with Gasteiger partial charge in [-0.1, -0.05) is 231 Å². The number of esters is 1. The number of rotatable bonds is 48. The highest BCUT2D eigenvalue weighted by atomic mass is 16.7. The van der Waals surface area contributed by atoms with Crippen molar-refractivity contribution < 1.29 is 44.2 Å². The van der Waals surface area contributed by atoms with Crippen LogP contribution in [0.3, 0.4) is 0 Å². The lowest BCUT2D eigenvalue weighted by Gasteiger charge is -2.39. The summed E-state index contributed by atoms with van der Waals surface area (Å²) in [6.07, 6.45) is 49.3. The quantitative estimate of drug-likeness (QED) is 0.0267. The second kappa shape index (κ2) is 46.8. The summed E-state index contributed by atoms with van der Waals surface area (Å²) in [5, 5.41) is 40.3. The van der Waals surface area contributed by atoms with Crippen LogP contribution in [0, 0.1) is 0 Å². The summed E-state index contributed by atoms with van der Waals surface area (Å²) >= 11 is 0. The molecule has 0 aliphatic carbocycles. The molecule has 1 saturated heterocycles. The highest BCUT2D eigenvalue weighted by Crippen LogP contribution is 2.23. The molecule has 6 atom stereocenters. The maximum Gasteiger partial charge on any atom is 0.306 e. The fourth-order valence-electron chi connectivity index (χ4n) is 8.58. The highest BCUT2D eigenvalue weighted by molar-refractivity contribution is 5.69. The van der Waals surface area contributed by atoms with Crippen LogP contribution in [0.1, 0.15) is 258 Å². The van der Waals surface area contributed by atoms with E-state index in [1.54, 1.807) is 0 Å². The predicted octanol–water partition coefficient (Wildman–Crippen LogP) is 13.7. The van der Waals surface area contributed by atoms with Gasteiger partial charge in [0.1, 0.15) is 30.5 Å². The van der Waals surface area contributed by atoms with Crippen LogP contribution >= 0.6 is 0 Å². The van der Waals surface area contributed by atoms with Gasteiger partial charge in [0.05, 0.1) is 19.8 Å². The number of ether oxygens (including phenoxy) is 4. The SMILES string of the molecule is CCCCC/C=C\C/C=C\CCCCCCCCCCOCC(COC1OC(CO)C(O)C(O)C1O)OC(=O)CCCCCCCCCCCCCCCCCCCCCCCCC. The van der Waals surface area contributed by atoms with Gasteiger partial charge >= 0.3 is 5.97 Å². The molecule has 0 bridgehead atoms. The minimum atomic E-state index is -1.54. The van der Waals surface area contributed by atoms with Crippen LogP contribution < -0.4 is 0 Å². The van der Waals surface area contributed by atoms with Crippen LogP contribution in [0.2, 0.25) is 0 Å². The fourth-order valence-corrected chi connectivity index (χ4v) is 8.58. The van der Waals surface area contributed by atoms with Crippen LogP contribution in [0.5, 0.6) is 0 Å². The molecular weight excluding hydrogens is 805 g/mol. The van der Waals surface area contributed by atoms with Gasteiger partial charge in [0.15, 0.2) is 6.29 Å². The van der Waals surface area contributed by atoms with Gasteiger partial charge in [-0.25, -0.2) is 0 Å². The number of aliphatic hydroxyl groups excluding tert-OH is 4. The maximum atomic E-state index is 12.9. The average Bonchev–Trinajstić information content (AvgIpc) is 3.30. The molecule has 9 heteroatoms. The summed E-state index contributed by atoms with van der Waals surface area (Å²) in [5.41, 5.74) is 0. The molecule has 1 aliphatic rings. The van der Waals surface area contributed by atoms with Crippen molar-refractivity contribution in [3.63, 3.8) is 0 Å². The zero-order valence-electron chi connectivity index (χ0n) is 41.8. The number of hydrogen-bond acceptors (Lipinski definition) is 9. The van der Waals surface area contributed by atoms with E-state index in [0.29, 0.717) is 13.0 Å². The highest BCUT2D eigenvalue weighted by Gasteiger charge is 2.44. The molecule has 1 rings (SSSR count). The fraction of sp³-hybridized carbons (Fsp3) is 0.909. The molecule has 1 aliphatic heterocycles. The van der Waals surface area contributed by atoms with Gasteiger partial charge in [0.2, 0.25) is 0 Å². The second-order valence-electron chi connectivity index (χ2n) is 19.0. The van der Waals surface area contributed by atoms with E-state index in [1.807, 2.05) is 0 Å². The Kier molecular flexibility index (Phi) is 44.3. The van der Waals surface area contributed by atoms with Crippen LogP contribution in [0.4, 0.5) is 0 Å². The third kappa shape index (κ3) is 36.7. The standard InChI is InChI=1S/C55H104O9/c1-3-5-7-9-11-13-15-17-19-21-23-24-25-26-27-28-30-32-34-36-38-40-42-44-51(57)63-49(48-62-55-54(60)53(59)52(58)50(46-56)64-55)47-61-45-43-41-39-37-35-33-31-29-22-20-18-16-14-12-10-8-6-4-2/h12,14,18,20,49-50,52-56,58-60H,3-11,13,15-17,19,21-48H2,1-2H3/b14-12-,20-18-. The smallest absolute Gasteiger partial charge is 0.306 e. The van der Waals surface area contributed by atoms with E-state index in [0.717, 1.165) is 38.5 Å². The lowest BCUT2D eigenvalue weighted by atomic mass is 9.99. The van der Waals surface area contributed by atoms with Crippen molar-refractivity contribution in [2.75, 3.05) is 26.4 Å². The molecule has 1 fully saturated rings. The Labute approximate surface area is 394 Å². The van der Waals surface area contributed by atoms with Gasteiger partial charge in [-0.2, -0.15) is 0 Å². The molecule has 4 N–H and O–H groups in total. The lowest BCUT2D eigenvalue weighted by Crippen LogP contribution is -2.59. The number of carbonyl (C=O) groups excluding carboxylic acids is 1. The molecule has 64 heavy (non-hydrogen) atoms. The van der Waals surface area contributed by atoms with Crippen LogP contribution in [-0.2, 0) is 23.7 Å². The summed E-state index contributed by atoms with van der Waals surface area (Å²) in [7, 11) is 0. The summed E-state index contributed by atoms with van der Waals surface area (Å²) in [6.45, 7) is 4.57. The largest absolute Gasteiger partial charge is 0.457 e. The Morgan fingerprint density at radius 3 is 1.38 bits per heavy atom. The molecule has 1 heterocycles. The predicted molar refractivity (Wildman–Crippen MR) is 265 cm³/mol. The Bertz CT molecular complexity index is 1040. The summed E-state index contributed by atoms with van der Waals surface area (Å²) in [4.78, 5) is 12.9.